The lowest BCUT2D eigenvalue weighted by atomic mass is 9.55. The van der Waals surface area contributed by atoms with Crippen molar-refractivity contribution in [1.82, 2.24) is 0 Å². The zero-order valence-electron chi connectivity index (χ0n) is 18.1. The lowest BCUT2D eigenvalue weighted by Crippen LogP contribution is -2.45. The molecule has 166 valence electrons. The molecule has 31 heavy (non-hydrogen) atoms. The molecule has 0 aromatic heterocycles. The van der Waals surface area contributed by atoms with Gasteiger partial charge >= 0.3 is 11.9 Å². The predicted octanol–water partition coefficient (Wildman–Crippen LogP) is 4.45. The molecular weight excluding hydrogens is 398 g/mol. The topological polar surface area (TPSA) is 99.1 Å². The maximum atomic E-state index is 11.9. The Morgan fingerprint density at radius 2 is 1.94 bits per heavy atom. The van der Waals surface area contributed by atoms with Crippen LogP contribution in [0.3, 0.4) is 0 Å². The first-order valence-electron chi connectivity index (χ1n) is 11.2. The van der Waals surface area contributed by atoms with Gasteiger partial charge in [0.05, 0.1) is 6.42 Å². The Hall–Kier alpha value is -2.57. The van der Waals surface area contributed by atoms with E-state index in [4.69, 9.17) is 9.47 Å². The molecule has 0 saturated heterocycles. The summed E-state index contributed by atoms with van der Waals surface area (Å²) >= 11 is 0. The molecule has 5 atom stereocenters. The van der Waals surface area contributed by atoms with Crippen LogP contribution in [0.2, 0.25) is 0 Å². The zero-order valence-corrected chi connectivity index (χ0v) is 18.1. The van der Waals surface area contributed by atoms with Crippen LogP contribution in [0, 0.1) is 22.2 Å². The summed E-state index contributed by atoms with van der Waals surface area (Å²) in [6, 6.07) is 5.84. The van der Waals surface area contributed by atoms with Gasteiger partial charge in [0.1, 0.15) is 11.9 Å². The molecule has 0 heterocycles. The van der Waals surface area contributed by atoms with Crippen LogP contribution < -0.4 is 4.74 Å². The van der Waals surface area contributed by atoms with Gasteiger partial charge in [0.15, 0.2) is 0 Å². The van der Waals surface area contributed by atoms with Crippen LogP contribution in [0.1, 0.15) is 75.8 Å². The number of carbonyl (C=O) groups is 3. The quantitative estimate of drug-likeness (QED) is 0.391. The number of amides is 1. The first-order chi connectivity index (χ1) is 14.8. The van der Waals surface area contributed by atoms with E-state index in [0.29, 0.717) is 23.5 Å². The Morgan fingerprint density at radius 1 is 1.13 bits per heavy atom. The van der Waals surface area contributed by atoms with Crippen molar-refractivity contribution >= 4 is 17.8 Å². The van der Waals surface area contributed by atoms with Gasteiger partial charge in [-0.05, 0) is 79.5 Å². The Balaban J connectivity index is 1.46. The second kappa shape index (κ2) is 8.52. The van der Waals surface area contributed by atoms with Crippen LogP contribution in [0.5, 0.6) is 5.75 Å². The largest absolute Gasteiger partial charge is 0.462 e. The number of esters is 2. The van der Waals surface area contributed by atoms with E-state index in [0.717, 1.165) is 38.5 Å². The second-order valence-electron chi connectivity index (χ2n) is 9.46. The summed E-state index contributed by atoms with van der Waals surface area (Å²) in [6.45, 7) is 3.80. The number of aryl methyl sites for hydroxylation is 1. The highest BCUT2D eigenvalue weighted by Crippen LogP contribution is 2.61. The molecule has 2 fully saturated rings. The van der Waals surface area contributed by atoms with Gasteiger partial charge < -0.3 is 9.47 Å². The number of rotatable bonds is 5. The van der Waals surface area contributed by atoms with Crippen molar-refractivity contribution in [3.63, 3.8) is 0 Å². The Bertz CT molecular complexity index is 911. The fraction of sp³-hybridized carbons (Fsp3) is 0.625. The van der Waals surface area contributed by atoms with Crippen LogP contribution in [0.25, 0.3) is 0 Å². The number of fused-ring (bicyclic) bond motifs is 5. The van der Waals surface area contributed by atoms with Crippen molar-refractivity contribution in [3.8, 4) is 5.75 Å². The number of ether oxygens (including phenoxy) is 2. The van der Waals surface area contributed by atoms with Gasteiger partial charge in [-0.3, -0.25) is 14.4 Å². The standard InChI is InChI=1S/C24H29NO6/c1-14(26)30-21-8-7-20-19-5-3-15-13-16(31-23(28)10-9-22(27)25-29)4-6-17(15)18(19)11-12-24(20,21)2/h4,6,13,18-21H,3,5,7-12H2,1-2H3. The van der Waals surface area contributed by atoms with Crippen LogP contribution in [-0.2, 0) is 25.5 Å². The minimum Gasteiger partial charge on any atom is -0.462 e. The van der Waals surface area contributed by atoms with Crippen molar-refractivity contribution in [3.05, 3.63) is 34.2 Å². The van der Waals surface area contributed by atoms with Crippen molar-refractivity contribution in [2.24, 2.45) is 22.4 Å². The molecule has 0 spiro atoms. The van der Waals surface area contributed by atoms with E-state index in [1.165, 1.54) is 18.1 Å². The van der Waals surface area contributed by atoms with Gasteiger partial charge in [-0.1, -0.05) is 13.0 Å². The van der Waals surface area contributed by atoms with E-state index in [2.05, 4.69) is 18.2 Å². The summed E-state index contributed by atoms with van der Waals surface area (Å²) < 4.78 is 11.1. The van der Waals surface area contributed by atoms with E-state index in [1.807, 2.05) is 12.1 Å². The molecule has 1 aromatic rings. The lowest BCUT2D eigenvalue weighted by Gasteiger charge is -2.50. The molecule has 3 aliphatic carbocycles. The summed E-state index contributed by atoms with van der Waals surface area (Å²) in [7, 11) is 0. The predicted molar refractivity (Wildman–Crippen MR) is 112 cm³/mol. The second-order valence-corrected chi connectivity index (χ2v) is 9.46. The van der Waals surface area contributed by atoms with E-state index in [9.17, 15) is 19.3 Å². The molecule has 0 bridgehead atoms. The van der Waals surface area contributed by atoms with Crippen molar-refractivity contribution in [2.75, 3.05) is 0 Å². The van der Waals surface area contributed by atoms with Crippen molar-refractivity contribution in [2.45, 2.75) is 77.2 Å². The van der Waals surface area contributed by atoms with Crippen LogP contribution in [0.15, 0.2) is 23.4 Å². The van der Waals surface area contributed by atoms with E-state index >= 15 is 0 Å². The van der Waals surface area contributed by atoms with Crippen LogP contribution >= 0.6 is 0 Å². The van der Waals surface area contributed by atoms with Gasteiger partial charge in [-0.25, -0.2) is 0 Å². The summed E-state index contributed by atoms with van der Waals surface area (Å²) in [6.07, 6.45) is 5.83. The molecule has 4 rings (SSSR count). The third kappa shape index (κ3) is 4.14. The highest BCUT2D eigenvalue weighted by atomic mass is 16.5. The number of nitroso groups, excluding NO2 is 1. The third-order valence-corrected chi connectivity index (χ3v) is 7.80. The summed E-state index contributed by atoms with van der Waals surface area (Å²) in [5.41, 5.74) is 2.62. The summed E-state index contributed by atoms with van der Waals surface area (Å²) in [5.74, 6) is 0.537. The highest BCUT2D eigenvalue weighted by molar-refractivity contribution is 5.82. The van der Waals surface area contributed by atoms with Crippen molar-refractivity contribution < 1.29 is 23.9 Å². The van der Waals surface area contributed by atoms with Gasteiger partial charge in [-0.2, -0.15) is 0 Å². The monoisotopic (exact) mass is 427 g/mol. The Kier molecular flexibility index (Phi) is 5.95. The maximum Gasteiger partial charge on any atom is 0.311 e. The minimum atomic E-state index is -0.847. The van der Waals surface area contributed by atoms with Gasteiger partial charge in [0, 0.05) is 23.9 Å². The third-order valence-electron chi connectivity index (χ3n) is 7.80. The molecule has 0 N–H and O–H groups in total. The Labute approximate surface area is 181 Å². The van der Waals surface area contributed by atoms with E-state index in [-0.39, 0.29) is 30.3 Å². The number of hydrogen-bond donors (Lipinski definition) is 0. The maximum absolute atomic E-state index is 11.9. The zero-order chi connectivity index (χ0) is 22.2. The average molecular weight is 427 g/mol. The lowest BCUT2D eigenvalue weighted by molar-refractivity contribution is -0.154. The number of carbonyl (C=O) groups excluding carboxylic acids is 3. The SMILES string of the molecule is CC(=O)OC1CCC2C3CCc4cc(OC(=O)CCC(=O)N=O)ccc4C3CCC12C. The molecule has 0 aliphatic heterocycles. The van der Waals surface area contributed by atoms with Crippen molar-refractivity contribution in [1.29, 1.82) is 0 Å². The van der Waals surface area contributed by atoms with Gasteiger partial charge in [-0.15, -0.1) is 4.91 Å². The number of nitrogens with zero attached hydrogens (tertiary/aromatic N) is 1. The molecule has 7 heteroatoms. The smallest absolute Gasteiger partial charge is 0.311 e. The Morgan fingerprint density at radius 3 is 2.68 bits per heavy atom. The average Bonchev–Trinajstić information content (AvgIpc) is 3.07. The van der Waals surface area contributed by atoms with Crippen LogP contribution in [0.4, 0.5) is 0 Å². The molecular formula is C24H29NO6. The molecule has 0 radical (unpaired) electrons. The van der Waals surface area contributed by atoms with Crippen LogP contribution in [-0.4, -0.2) is 23.9 Å². The minimum absolute atomic E-state index is 0.0282. The molecule has 5 unspecified atom stereocenters. The summed E-state index contributed by atoms with van der Waals surface area (Å²) in [4.78, 5) is 44.6. The first kappa shape index (κ1) is 21.7. The molecule has 3 aliphatic rings. The summed E-state index contributed by atoms with van der Waals surface area (Å²) in [5, 5.41) is 2.29. The van der Waals surface area contributed by atoms with E-state index < -0.39 is 11.9 Å². The fourth-order valence-corrected chi connectivity index (χ4v) is 6.41. The number of benzene rings is 1. The molecule has 2 saturated carbocycles. The van der Waals surface area contributed by atoms with E-state index in [1.54, 1.807) is 0 Å². The number of hydrogen-bond acceptors (Lipinski definition) is 6. The fourth-order valence-electron chi connectivity index (χ4n) is 6.41. The first-order valence-corrected chi connectivity index (χ1v) is 11.2. The highest BCUT2D eigenvalue weighted by Gasteiger charge is 2.56. The molecule has 1 amide bonds. The van der Waals surface area contributed by atoms with Gasteiger partial charge in [0.25, 0.3) is 5.91 Å². The normalized spacial score (nSPS) is 31.0. The molecule has 7 nitrogen and oxygen atoms in total. The molecule has 1 aromatic carbocycles. The van der Waals surface area contributed by atoms with Gasteiger partial charge in [0.2, 0.25) is 0 Å².